The summed E-state index contributed by atoms with van der Waals surface area (Å²) in [5.41, 5.74) is 0. The molecule has 0 atom stereocenters. The van der Waals surface area contributed by atoms with Gasteiger partial charge in [0.25, 0.3) is 0 Å². The molecule has 0 aromatic carbocycles. The van der Waals surface area contributed by atoms with Gasteiger partial charge in [-0.1, -0.05) is 26.7 Å². The van der Waals surface area contributed by atoms with Crippen molar-refractivity contribution in [1.29, 1.82) is 0 Å². The topological polar surface area (TPSA) is 35.6 Å². The molecule has 19 heavy (non-hydrogen) atoms. The van der Waals surface area contributed by atoms with Crippen molar-refractivity contribution >= 4 is 6.03 Å². The maximum Gasteiger partial charge on any atom is 0.317 e. The second-order valence-electron chi connectivity index (χ2n) is 5.84. The molecule has 0 spiro atoms. The first-order chi connectivity index (χ1) is 9.08. The predicted octanol–water partition coefficient (Wildman–Crippen LogP) is 2.69. The van der Waals surface area contributed by atoms with Crippen molar-refractivity contribution in [3.63, 3.8) is 0 Å². The molecule has 1 aliphatic rings. The van der Waals surface area contributed by atoms with Gasteiger partial charge in [-0.2, -0.15) is 0 Å². The molecule has 1 fully saturated rings. The van der Waals surface area contributed by atoms with Crippen molar-refractivity contribution in [2.75, 3.05) is 26.2 Å². The summed E-state index contributed by atoms with van der Waals surface area (Å²) in [4.78, 5) is 16.6. The third-order valence-electron chi connectivity index (χ3n) is 3.93. The number of carbonyl (C=O) groups is 1. The highest BCUT2D eigenvalue weighted by Gasteiger charge is 2.23. The van der Waals surface area contributed by atoms with Gasteiger partial charge in [0, 0.05) is 38.3 Å². The quantitative estimate of drug-likeness (QED) is 0.804. The molecule has 0 saturated carbocycles. The summed E-state index contributed by atoms with van der Waals surface area (Å²) in [6, 6.07) is 1.07. The van der Waals surface area contributed by atoms with E-state index in [9.17, 15) is 4.79 Å². The van der Waals surface area contributed by atoms with E-state index in [1.807, 2.05) is 4.90 Å². The summed E-state index contributed by atoms with van der Waals surface area (Å²) < 4.78 is 0. The zero-order valence-electron chi connectivity index (χ0n) is 13.1. The van der Waals surface area contributed by atoms with E-state index >= 15 is 0 Å². The van der Waals surface area contributed by atoms with Crippen LogP contribution in [0.15, 0.2) is 0 Å². The monoisotopic (exact) mass is 269 g/mol. The lowest BCUT2D eigenvalue weighted by Crippen LogP contribution is -2.54. The average molecular weight is 269 g/mol. The van der Waals surface area contributed by atoms with E-state index in [1.165, 1.54) is 0 Å². The van der Waals surface area contributed by atoms with E-state index in [0.29, 0.717) is 12.1 Å². The molecule has 4 nitrogen and oxygen atoms in total. The van der Waals surface area contributed by atoms with Crippen LogP contribution in [0, 0.1) is 0 Å². The van der Waals surface area contributed by atoms with Gasteiger partial charge in [-0.15, -0.1) is 0 Å². The van der Waals surface area contributed by atoms with Crippen molar-refractivity contribution in [2.45, 2.75) is 65.5 Å². The Bertz CT molecular complexity index is 254. The van der Waals surface area contributed by atoms with Crippen molar-refractivity contribution in [1.82, 2.24) is 15.1 Å². The Hall–Kier alpha value is -0.770. The Morgan fingerprint density at radius 1 is 1.05 bits per heavy atom. The standard InChI is InChI=1S/C15H31N3O/c1-5-7-14(8-6-2)16-15(19)18-11-9-17(10-12-18)13(3)4/h13-14H,5-12H2,1-4H3,(H,16,19). The number of hydrogen-bond donors (Lipinski definition) is 1. The van der Waals surface area contributed by atoms with E-state index in [4.69, 9.17) is 0 Å². The zero-order valence-corrected chi connectivity index (χ0v) is 13.1. The average Bonchev–Trinajstić information content (AvgIpc) is 2.39. The number of amides is 2. The Balaban J connectivity index is 2.37. The van der Waals surface area contributed by atoms with Gasteiger partial charge >= 0.3 is 6.03 Å². The van der Waals surface area contributed by atoms with Gasteiger partial charge in [-0.25, -0.2) is 4.79 Å². The van der Waals surface area contributed by atoms with Gasteiger partial charge in [0.2, 0.25) is 0 Å². The smallest absolute Gasteiger partial charge is 0.317 e. The fourth-order valence-corrected chi connectivity index (χ4v) is 2.69. The molecule has 2 amide bonds. The van der Waals surface area contributed by atoms with Crippen LogP contribution in [-0.2, 0) is 0 Å². The Morgan fingerprint density at radius 2 is 1.58 bits per heavy atom. The van der Waals surface area contributed by atoms with Gasteiger partial charge < -0.3 is 10.2 Å². The molecule has 1 saturated heterocycles. The molecule has 4 heteroatoms. The lowest BCUT2D eigenvalue weighted by molar-refractivity contribution is 0.117. The number of nitrogens with one attached hydrogen (secondary N) is 1. The molecular weight excluding hydrogens is 238 g/mol. The first kappa shape index (κ1) is 16.3. The molecule has 1 aliphatic heterocycles. The molecule has 0 bridgehead atoms. The lowest BCUT2D eigenvalue weighted by Gasteiger charge is -2.37. The number of rotatable bonds is 6. The van der Waals surface area contributed by atoms with Gasteiger partial charge in [0.05, 0.1) is 0 Å². The largest absolute Gasteiger partial charge is 0.335 e. The number of nitrogens with zero attached hydrogens (tertiary/aromatic N) is 2. The van der Waals surface area contributed by atoms with Crippen LogP contribution in [0.3, 0.4) is 0 Å². The first-order valence-corrected chi connectivity index (χ1v) is 7.87. The minimum Gasteiger partial charge on any atom is -0.335 e. The third kappa shape index (κ3) is 5.39. The van der Waals surface area contributed by atoms with Crippen LogP contribution < -0.4 is 5.32 Å². The van der Waals surface area contributed by atoms with Crippen LogP contribution in [0.4, 0.5) is 4.79 Å². The normalized spacial score (nSPS) is 17.3. The number of carbonyl (C=O) groups excluding carboxylic acids is 1. The minimum atomic E-state index is 0.135. The molecule has 0 aromatic heterocycles. The van der Waals surface area contributed by atoms with Gasteiger partial charge in [0.15, 0.2) is 0 Å². The highest BCUT2D eigenvalue weighted by atomic mass is 16.2. The van der Waals surface area contributed by atoms with Crippen LogP contribution in [0.5, 0.6) is 0 Å². The molecule has 0 aliphatic carbocycles. The number of hydrogen-bond acceptors (Lipinski definition) is 2. The molecule has 112 valence electrons. The number of urea groups is 1. The van der Waals surface area contributed by atoms with Crippen molar-refractivity contribution < 1.29 is 4.79 Å². The minimum absolute atomic E-state index is 0.135. The lowest BCUT2D eigenvalue weighted by atomic mass is 10.1. The van der Waals surface area contributed by atoms with E-state index in [2.05, 4.69) is 37.9 Å². The molecule has 1 rings (SSSR count). The summed E-state index contributed by atoms with van der Waals surface area (Å²) >= 11 is 0. The molecule has 0 radical (unpaired) electrons. The van der Waals surface area contributed by atoms with Crippen molar-refractivity contribution in [3.05, 3.63) is 0 Å². The Kier molecular flexibility index (Phi) is 7.21. The molecule has 0 unspecified atom stereocenters. The van der Waals surface area contributed by atoms with E-state index in [-0.39, 0.29) is 6.03 Å². The Morgan fingerprint density at radius 3 is 2.00 bits per heavy atom. The van der Waals surface area contributed by atoms with Crippen LogP contribution in [-0.4, -0.2) is 54.1 Å². The summed E-state index contributed by atoms with van der Waals surface area (Å²) in [5.74, 6) is 0. The van der Waals surface area contributed by atoms with Crippen LogP contribution >= 0.6 is 0 Å². The van der Waals surface area contributed by atoms with Crippen LogP contribution in [0.2, 0.25) is 0 Å². The molecule has 0 aromatic rings. The van der Waals surface area contributed by atoms with Gasteiger partial charge in [0.1, 0.15) is 0 Å². The fourth-order valence-electron chi connectivity index (χ4n) is 2.69. The third-order valence-corrected chi connectivity index (χ3v) is 3.93. The molecule has 1 heterocycles. The summed E-state index contributed by atoms with van der Waals surface area (Å²) in [6.45, 7) is 12.5. The van der Waals surface area contributed by atoms with Crippen molar-refractivity contribution in [3.8, 4) is 0 Å². The second kappa shape index (κ2) is 8.41. The molecular formula is C15H31N3O. The van der Waals surface area contributed by atoms with E-state index in [1.54, 1.807) is 0 Å². The zero-order chi connectivity index (χ0) is 14.3. The summed E-state index contributed by atoms with van der Waals surface area (Å²) in [6.07, 6.45) is 4.44. The summed E-state index contributed by atoms with van der Waals surface area (Å²) in [7, 11) is 0. The van der Waals surface area contributed by atoms with Gasteiger partial charge in [-0.05, 0) is 26.7 Å². The van der Waals surface area contributed by atoms with Crippen LogP contribution in [0.1, 0.15) is 53.4 Å². The van der Waals surface area contributed by atoms with E-state index < -0.39 is 0 Å². The summed E-state index contributed by atoms with van der Waals surface area (Å²) in [5, 5.41) is 3.20. The number of piperazine rings is 1. The fraction of sp³-hybridized carbons (Fsp3) is 0.933. The van der Waals surface area contributed by atoms with Gasteiger partial charge in [-0.3, -0.25) is 4.90 Å². The second-order valence-corrected chi connectivity index (χ2v) is 5.84. The van der Waals surface area contributed by atoms with E-state index in [0.717, 1.165) is 51.9 Å². The maximum atomic E-state index is 12.2. The predicted molar refractivity (Wildman–Crippen MR) is 80.4 cm³/mol. The SMILES string of the molecule is CCCC(CCC)NC(=O)N1CCN(C(C)C)CC1. The first-order valence-electron chi connectivity index (χ1n) is 7.87. The highest BCUT2D eigenvalue weighted by molar-refractivity contribution is 5.74. The Labute approximate surface area is 118 Å². The molecule has 1 N–H and O–H groups in total. The highest BCUT2D eigenvalue weighted by Crippen LogP contribution is 2.08. The van der Waals surface area contributed by atoms with Crippen LogP contribution in [0.25, 0.3) is 0 Å². The maximum absolute atomic E-state index is 12.2. The van der Waals surface area contributed by atoms with Crippen molar-refractivity contribution in [2.24, 2.45) is 0 Å².